The lowest BCUT2D eigenvalue weighted by Gasteiger charge is -1.92. The van der Waals surface area contributed by atoms with Crippen molar-refractivity contribution >= 4 is 44.3 Å². The Morgan fingerprint density at radius 2 is 2.20 bits per heavy atom. The van der Waals surface area contributed by atoms with Gasteiger partial charge < -0.3 is 4.42 Å². The molecule has 2 aromatic rings. The van der Waals surface area contributed by atoms with Gasteiger partial charge in [0, 0.05) is 11.5 Å². The number of alkyl halides is 1. The zero-order valence-corrected chi connectivity index (χ0v) is 9.73. The zero-order valence-electron chi connectivity index (χ0n) is 7.39. The molecular formula is C10H5BrClFO2. The fourth-order valence-electron chi connectivity index (χ4n) is 1.24. The Morgan fingerprint density at radius 3 is 2.87 bits per heavy atom. The maximum absolute atomic E-state index is 13.1. The summed E-state index contributed by atoms with van der Waals surface area (Å²) in [5.41, 5.74) is 0.408. The minimum Gasteiger partial charge on any atom is -0.453 e. The molecule has 2 rings (SSSR count). The predicted octanol–water partition coefficient (Wildman–Crippen LogP) is 3.80. The molecule has 0 aliphatic carbocycles. The molecule has 0 bridgehead atoms. The number of benzene rings is 1. The Bertz CT molecular complexity index is 496. The van der Waals surface area contributed by atoms with Crippen molar-refractivity contribution < 1.29 is 13.6 Å². The molecule has 0 amide bonds. The van der Waals surface area contributed by atoms with E-state index in [1.807, 2.05) is 0 Å². The van der Waals surface area contributed by atoms with E-state index in [1.165, 1.54) is 18.2 Å². The molecule has 0 fully saturated rings. The lowest BCUT2D eigenvalue weighted by Crippen LogP contribution is -1.96. The van der Waals surface area contributed by atoms with Gasteiger partial charge in [-0.1, -0.05) is 27.5 Å². The van der Waals surface area contributed by atoms with Crippen LogP contribution < -0.4 is 0 Å². The number of carbonyl (C=O) groups excluding carboxylic acids is 1. The Kier molecular flexibility index (Phi) is 2.80. The maximum atomic E-state index is 13.1. The number of fused-ring (bicyclic) bond motifs is 1. The third-order valence-electron chi connectivity index (χ3n) is 1.96. The first-order valence-electron chi connectivity index (χ1n) is 4.09. The molecule has 0 saturated carbocycles. The second kappa shape index (κ2) is 3.94. The summed E-state index contributed by atoms with van der Waals surface area (Å²) in [5.74, 6) is -0.519. The van der Waals surface area contributed by atoms with E-state index in [2.05, 4.69) is 15.9 Å². The van der Waals surface area contributed by atoms with E-state index in [0.717, 1.165) is 0 Å². The van der Waals surface area contributed by atoms with E-state index in [-0.39, 0.29) is 21.9 Å². The highest BCUT2D eigenvalue weighted by atomic mass is 79.9. The topological polar surface area (TPSA) is 30.2 Å². The van der Waals surface area contributed by atoms with E-state index in [0.29, 0.717) is 11.0 Å². The summed E-state index contributed by atoms with van der Waals surface area (Å²) >= 11 is 8.61. The zero-order chi connectivity index (χ0) is 11.0. The normalized spacial score (nSPS) is 10.9. The number of carbonyl (C=O) groups is 1. The third kappa shape index (κ3) is 1.92. The van der Waals surface area contributed by atoms with E-state index in [9.17, 15) is 9.18 Å². The first-order chi connectivity index (χ1) is 7.11. The molecule has 1 aromatic carbocycles. The summed E-state index contributed by atoms with van der Waals surface area (Å²) in [6, 6.07) is 4.10. The number of Topliss-reactive ketones (excluding diaryl/α,β-unsaturated/α-hetero) is 1. The molecule has 15 heavy (non-hydrogen) atoms. The molecule has 78 valence electrons. The van der Waals surface area contributed by atoms with Crippen LogP contribution in [0.2, 0.25) is 5.02 Å². The van der Waals surface area contributed by atoms with Crippen LogP contribution in [-0.2, 0) is 0 Å². The molecule has 1 heterocycles. The lowest BCUT2D eigenvalue weighted by molar-refractivity contribution is 0.0995. The first-order valence-corrected chi connectivity index (χ1v) is 5.59. The van der Waals surface area contributed by atoms with Crippen LogP contribution in [0.5, 0.6) is 0 Å². The number of ketones is 1. The van der Waals surface area contributed by atoms with Crippen LogP contribution in [0.15, 0.2) is 22.6 Å². The summed E-state index contributed by atoms with van der Waals surface area (Å²) in [7, 11) is 0. The molecule has 0 spiro atoms. The monoisotopic (exact) mass is 290 g/mol. The Labute approximate surface area is 98.1 Å². The van der Waals surface area contributed by atoms with E-state index >= 15 is 0 Å². The van der Waals surface area contributed by atoms with Gasteiger partial charge in [0.2, 0.25) is 5.78 Å². The Balaban J connectivity index is 2.61. The summed E-state index contributed by atoms with van der Waals surface area (Å²) in [5, 5.41) is 0.680. The van der Waals surface area contributed by atoms with Gasteiger partial charge >= 0.3 is 0 Å². The minimum absolute atomic E-state index is 0.0188. The molecule has 0 N–H and O–H groups in total. The molecule has 1 aromatic heterocycles. The summed E-state index contributed by atoms with van der Waals surface area (Å²) in [6.07, 6.45) is 0. The van der Waals surface area contributed by atoms with Crippen LogP contribution >= 0.6 is 27.5 Å². The van der Waals surface area contributed by atoms with Gasteiger partial charge in [-0.25, -0.2) is 4.39 Å². The van der Waals surface area contributed by atoms with E-state index < -0.39 is 5.82 Å². The van der Waals surface area contributed by atoms with Crippen molar-refractivity contribution in [2.45, 2.75) is 0 Å². The number of rotatable bonds is 2. The predicted molar refractivity (Wildman–Crippen MR) is 59.3 cm³/mol. The molecular weight excluding hydrogens is 286 g/mol. The number of hydrogen-bond donors (Lipinski definition) is 0. The van der Waals surface area contributed by atoms with E-state index in [4.69, 9.17) is 16.0 Å². The fraction of sp³-hybridized carbons (Fsp3) is 0.100. The van der Waals surface area contributed by atoms with Gasteiger partial charge in [0.1, 0.15) is 11.4 Å². The second-order valence-corrected chi connectivity index (χ2v) is 3.94. The Morgan fingerprint density at radius 1 is 1.47 bits per heavy atom. The smallest absolute Gasteiger partial charge is 0.208 e. The second-order valence-electron chi connectivity index (χ2n) is 2.97. The lowest BCUT2D eigenvalue weighted by atomic mass is 10.2. The fourth-order valence-corrected chi connectivity index (χ4v) is 1.67. The van der Waals surface area contributed by atoms with Gasteiger partial charge in [-0.05, 0) is 12.1 Å². The molecule has 0 aliphatic rings. The van der Waals surface area contributed by atoms with E-state index in [1.54, 1.807) is 0 Å². The SMILES string of the molecule is O=C(CBr)c1cc2cc(F)c(Cl)cc2o1. The molecule has 5 heteroatoms. The largest absolute Gasteiger partial charge is 0.453 e. The standard InChI is InChI=1S/C10H5BrClFO2/c11-4-8(14)10-2-5-1-7(13)6(12)3-9(5)15-10/h1-3H,4H2. The van der Waals surface area contributed by atoms with Crippen molar-refractivity contribution in [3.05, 3.63) is 34.8 Å². The highest BCUT2D eigenvalue weighted by molar-refractivity contribution is 9.09. The van der Waals surface area contributed by atoms with Crippen molar-refractivity contribution in [1.82, 2.24) is 0 Å². The van der Waals surface area contributed by atoms with Crippen LogP contribution in [0.1, 0.15) is 10.6 Å². The number of hydrogen-bond acceptors (Lipinski definition) is 2. The van der Waals surface area contributed by atoms with Crippen molar-refractivity contribution in [3.8, 4) is 0 Å². The van der Waals surface area contributed by atoms with Gasteiger partial charge in [0.15, 0.2) is 5.76 Å². The van der Waals surface area contributed by atoms with Crippen molar-refractivity contribution in [2.75, 3.05) is 5.33 Å². The average molecular weight is 292 g/mol. The molecule has 0 saturated heterocycles. The van der Waals surface area contributed by atoms with Gasteiger partial charge in [-0.3, -0.25) is 4.79 Å². The first kappa shape index (κ1) is 10.6. The number of furan rings is 1. The molecule has 2 nitrogen and oxygen atoms in total. The van der Waals surface area contributed by atoms with Gasteiger partial charge in [-0.2, -0.15) is 0 Å². The quantitative estimate of drug-likeness (QED) is 0.622. The van der Waals surface area contributed by atoms with Crippen molar-refractivity contribution in [3.63, 3.8) is 0 Å². The maximum Gasteiger partial charge on any atom is 0.208 e. The van der Waals surface area contributed by atoms with Crippen LogP contribution in [0.3, 0.4) is 0 Å². The van der Waals surface area contributed by atoms with Crippen LogP contribution in [0, 0.1) is 5.82 Å². The van der Waals surface area contributed by atoms with Crippen molar-refractivity contribution in [1.29, 1.82) is 0 Å². The Hall–Kier alpha value is -0.870. The average Bonchev–Trinajstić information content (AvgIpc) is 2.60. The van der Waals surface area contributed by atoms with Crippen LogP contribution in [0.25, 0.3) is 11.0 Å². The molecule has 0 atom stereocenters. The highest BCUT2D eigenvalue weighted by Crippen LogP contribution is 2.26. The van der Waals surface area contributed by atoms with Gasteiger partial charge in [0.25, 0.3) is 0 Å². The van der Waals surface area contributed by atoms with Crippen molar-refractivity contribution in [2.24, 2.45) is 0 Å². The summed E-state index contributed by atoms with van der Waals surface area (Å²) in [6.45, 7) is 0. The molecule has 0 radical (unpaired) electrons. The van der Waals surface area contributed by atoms with Gasteiger partial charge in [0.05, 0.1) is 10.4 Å². The summed E-state index contributed by atoms with van der Waals surface area (Å²) < 4.78 is 18.3. The number of halogens is 3. The molecule has 0 unspecified atom stereocenters. The third-order valence-corrected chi connectivity index (χ3v) is 2.75. The van der Waals surface area contributed by atoms with Gasteiger partial charge in [-0.15, -0.1) is 0 Å². The van der Waals surface area contributed by atoms with Crippen LogP contribution in [-0.4, -0.2) is 11.1 Å². The highest BCUT2D eigenvalue weighted by Gasteiger charge is 2.12. The van der Waals surface area contributed by atoms with Crippen LogP contribution in [0.4, 0.5) is 4.39 Å². The summed E-state index contributed by atoms with van der Waals surface area (Å²) in [4.78, 5) is 11.3. The minimum atomic E-state index is -0.525. The molecule has 0 aliphatic heterocycles.